The van der Waals surface area contributed by atoms with Gasteiger partial charge in [-0.1, -0.05) is 19.4 Å². The third-order valence-electron chi connectivity index (χ3n) is 3.81. The number of carboxylic acid groups (broad SMARTS) is 1. The van der Waals surface area contributed by atoms with E-state index in [1.165, 1.54) is 5.56 Å². The van der Waals surface area contributed by atoms with Crippen molar-refractivity contribution in [3.63, 3.8) is 0 Å². The minimum Gasteiger partial charge on any atom is -0.484 e. The van der Waals surface area contributed by atoms with Gasteiger partial charge in [-0.3, -0.25) is 4.79 Å². The summed E-state index contributed by atoms with van der Waals surface area (Å²) in [6.45, 7) is 7.54. The minimum absolute atomic E-state index is 0.190. The quantitative estimate of drug-likeness (QED) is 0.722. The fourth-order valence-corrected chi connectivity index (χ4v) is 2.59. The molecule has 0 spiro atoms. The molecule has 1 aliphatic rings. The molecule has 1 atom stereocenters. The fraction of sp³-hybridized carbons (Fsp3) is 0.588. The van der Waals surface area contributed by atoms with Crippen LogP contribution in [0.4, 0.5) is 5.69 Å². The number of anilines is 1. The Balaban J connectivity index is 1.91. The van der Waals surface area contributed by atoms with E-state index < -0.39 is 12.0 Å². The molecule has 1 aromatic rings. The van der Waals surface area contributed by atoms with Crippen LogP contribution in [0.2, 0.25) is 0 Å². The van der Waals surface area contributed by atoms with Crippen LogP contribution in [0, 0.1) is 0 Å². The number of benzene rings is 1. The van der Waals surface area contributed by atoms with E-state index >= 15 is 0 Å². The Labute approximate surface area is 132 Å². The number of nitrogens with one attached hydrogen (secondary N) is 2. The van der Waals surface area contributed by atoms with Gasteiger partial charge in [-0.05, 0) is 50.9 Å². The molecule has 0 saturated heterocycles. The lowest BCUT2D eigenvalue weighted by Crippen LogP contribution is -2.40. The molecule has 1 heterocycles. The van der Waals surface area contributed by atoms with Crippen molar-refractivity contribution in [2.24, 2.45) is 0 Å². The molecule has 0 radical (unpaired) electrons. The summed E-state index contributed by atoms with van der Waals surface area (Å²) >= 11 is 0. The molecule has 0 aliphatic carbocycles. The summed E-state index contributed by atoms with van der Waals surface area (Å²) in [5.41, 5.74) is 1.99. The van der Waals surface area contributed by atoms with E-state index in [0.29, 0.717) is 13.0 Å². The van der Waals surface area contributed by atoms with Gasteiger partial charge in [-0.25, -0.2) is 0 Å². The van der Waals surface area contributed by atoms with Crippen LogP contribution in [0.5, 0.6) is 5.75 Å². The SMILES string of the molecule is CCCC(NCCc1ccc2c(c1)NCC(C)(C)O2)C(=O)O. The number of ether oxygens (including phenoxy) is 1. The predicted molar refractivity (Wildman–Crippen MR) is 87.7 cm³/mol. The van der Waals surface area contributed by atoms with Crippen LogP contribution in [-0.4, -0.2) is 35.8 Å². The summed E-state index contributed by atoms with van der Waals surface area (Å²) in [7, 11) is 0. The van der Waals surface area contributed by atoms with Crippen molar-refractivity contribution in [3.05, 3.63) is 23.8 Å². The maximum Gasteiger partial charge on any atom is 0.320 e. The van der Waals surface area contributed by atoms with Crippen LogP contribution in [0.3, 0.4) is 0 Å². The number of fused-ring (bicyclic) bond motifs is 1. The van der Waals surface area contributed by atoms with Crippen LogP contribution in [0.1, 0.15) is 39.2 Å². The first kappa shape index (κ1) is 16.6. The monoisotopic (exact) mass is 306 g/mol. The first-order valence-electron chi connectivity index (χ1n) is 7.93. The first-order valence-corrected chi connectivity index (χ1v) is 7.93. The molecule has 0 aromatic heterocycles. The van der Waals surface area contributed by atoms with Crippen LogP contribution in [-0.2, 0) is 11.2 Å². The van der Waals surface area contributed by atoms with Crippen molar-refractivity contribution in [2.45, 2.75) is 51.7 Å². The third kappa shape index (κ3) is 4.37. The summed E-state index contributed by atoms with van der Waals surface area (Å²) < 4.78 is 5.92. The van der Waals surface area contributed by atoms with Gasteiger partial charge < -0.3 is 20.5 Å². The molecule has 5 nitrogen and oxygen atoms in total. The number of carboxylic acids is 1. The van der Waals surface area contributed by atoms with Crippen molar-refractivity contribution in [2.75, 3.05) is 18.4 Å². The van der Waals surface area contributed by atoms with Gasteiger partial charge in [0.2, 0.25) is 0 Å². The Morgan fingerprint density at radius 2 is 2.27 bits per heavy atom. The van der Waals surface area contributed by atoms with Crippen LogP contribution in [0.15, 0.2) is 18.2 Å². The standard InChI is InChI=1S/C17H26N2O3/c1-4-5-13(16(20)21)18-9-8-12-6-7-15-14(10-12)19-11-17(2,3)22-15/h6-7,10,13,18-19H,4-5,8-9,11H2,1-3H3,(H,20,21). The highest BCUT2D eigenvalue weighted by molar-refractivity contribution is 5.73. The molecule has 0 saturated carbocycles. The average Bonchev–Trinajstić information content (AvgIpc) is 2.45. The van der Waals surface area contributed by atoms with Gasteiger partial charge in [0, 0.05) is 0 Å². The van der Waals surface area contributed by atoms with E-state index in [-0.39, 0.29) is 5.60 Å². The van der Waals surface area contributed by atoms with Gasteiger partial charge in [0.05, 0.1) is 12.2 Å². The Hall–Kier alpha value is -1.75. The fourth-order valence-electron chi connectivity index (χ4n) is 2.59. The molecule has 5 heteroatoms. The van der Waals surface area contributed by atoms with E-state index in [9.17, 15) is 4.79 Å². The highest BCUT2D eigenvalue weighted by Crippen LogP contribution is 2.33. The summed E-state index contributed by atoms with van der Waals surface area (Å²) in [5.74, 6) is 0.104. The van der Waals surface area contributed by atoms with Crippen molar-refractivity contribution in [1.29, 1.82) is 0 Å². The zero-order chi connectivity index (χ0) is 16.2. The van der Waals surface area contributed by atoms with Gasteiger partial charge in [-0.2, -0.15) is 0 Å². The molecular weight excluding hydrogens is 280 g/mol. The lowest BCUT2D eigenvalue weighted by Gasteiger charge is -2.33. The summed E-state index contributed by atoms with van der Waals surface area (Å²) in [5, 5.41) is 15.6. The molecule has 1 aliphatic heterocycles. The van der Waals surface area contributed by atoms with E-state index in [1.54, 1.807) is 0 Å². The molecule has 0 amide bonds. The second-order valence-corrected chi connectivity index (χ2v) is 6.43. The van der Waals surface area contributed by atoms with Gasteiger partial charge in [0.25, 0.3) is 0 Å². The molecule has 0 bridgehead atoms. The van der Waals surface area contributed by atoms with Crippen molar-refractivity contribution in [1.82, 2.24) is 5.32 Å². The zero-order valence-corrected chi connectivity index (χ0v) is 13.6. The molecule has 22 heavy (non-hydrogen) atoms. The van der Waals surface area contributed by atoms with E-state index in [1.807, 2.05) is 19.1 Å². The summed E-state index contributed by atoms with van der Waals surface area (Å²) in [4.78, 5) is 11.1. The molecule has 122 valence electrons. The molecule has 3 N–H and O–H groups in total. The van der Waals surface area contributed by atoms with Crippen molar-refractivity contribution in [3.8, 4) is 5.75 Å². The van der Waals surface area contributed by atoms with Gasteiger partial charge >= 0.3 is 5.97 Å². The molecular formula is C17H26N2O3. The number of aliphatic carboxylic acids is 1. The maximum atomic E-state index is 11.1. The number of carbonyl (C=O) groups is 1. The molecule has 1 unspecified atom stereocenters. The van der Waals surface area contributed by atoms with Crippen LogP contribution >= 0.6 is 0 Å². The zero-order valence-electron chi connectivity index (χ0n) is 13.6. The van der Waals surface area contributed by atoms with Crippen molar-refractivity contribution >= 4 is 11.7 Å². The van der Waals surface area contributed by atoms with Gasteiger partial charge in [0.15, 0.2) is 0 Å². The number of rotatable bonds is 7. The van der Waals surface area contributed by atoms with E-state index in [4.69, 9.17) is 9.84 Å². The third-order valence-corrected chi connectivity index (χ3v) is 3.81. The topological polar surface area (TPSA) is 70.6 Å². The lowest BCUT2D eigenvalue weighted by molar-refractivity contribution is -0.139. The van der Waals surface area contributed by atoms with Gasteiger partial charge in [0.1, 0.15) is 17.4 Å². The normalized spacial score (nSPS) is 17.0. The smallest absolute Gasteiger partial charge is 0.320 e. The minimum atomic E-state index is -0.774. The van der Waals surface area contributed by atoms with E-state index in [0.717, 1.165) is 30.8 Å². The average molecular weight is 306 g/mol. The Bertz CT molecular complexity index is 529. The predicted octanol–water partition coefficient (Wildman–Crippen LogP) is 2.65. The number of hydrogen-bond acceptors (Lipinski definition) is 4. The Morgan fingerprint density at radius 1 is 1.50 bits per heavy atom. The summed E-state index contributed by atoms with van der Waals surface area (Å²) in [6.07, 6.45) is 2.32. The van der Waals surface area contributed by atoms with Crippen molar-refractivity contribution < 1.29 is 14.6 Å². The van der Waals surface area contributed by atoms with Crippen LogP contribution in [0.25, 0.3) is 0 Å². The Kier molecular flexibility index (Phi) is 5.29. The molecule has 2 rings (SSSR count). The first-order chi connectivity index (χ1) is 10.4. The second-order valence-electron chi connectivity index (χ2n) is 6.43. The molecule has 1 aromatic carbocycles. The highest BCUT2D eigenvalue weighted by Gasteiger charge is 2.26. The van der Waals surface area contributed by atoms with Gasteiger partial charge in [-0.15, -0.1) is 0 Å². The highest BCUT2D eigenvalue weighted by atomic mass is 16.5. The Morgan fingerprint density at radius 3 is 2.95 bits per heavy atom. The number of hydrogen-bond donors (Lipinski definition) is 3. The van der Waals surface area contributed by atoms with E-state index in [2.05, 4.69) is 30.5 Å². The van der Waals surface area contributed by atoms with Crippen LogP contribution < -0.4 is 15.4 Å². The second kappa shape index (κ2) is 7.01. The lowest BCUT2D eigenvalue weighted by atomic mass is 10.0. The molecule has 0 fully saturated rings. The summed E-state index contributed by atoms with van der Waals surface area (Å²) in [6, 6.07) is 5.66. The largest absolute Gasteiger partial charge is 0.484 e. The maximum absolute atomic E-state index is 11.1.